The lowest BCUT2D eigenvalue weighted by atomic mass is 10.3. The van der Waals surface area contributed by atoms with Gasteiger partial charge in [-0.05, 0) is 26.0 Å². The monoisotopic (exact) mass is 238 g/mol. The lowest BCUT2D eigenvalue weighted by Crippen LogP contribution is -2.05. The molecule has 4 heteroatoms. The first-order valence-electron chi connectivity index (χ1n) is 5.30. The van der Waals surface area contributed by atoms with Gasteiger partial charge >= 0.3 is 0 Å². The third kappa shape index (κ3) is 2.00. The molecule has 1 heterocycles. The second kappa shape index (κ2) is 4.34. The zero-order valence-electron chi connectivity index (χ0n) is 9.70. The fourth-order valence-electron chi connectivity index (χ4n) is 1.69. The van der Waals surface area contributed by atoms with Gasteiger partial charge in [0.05, 0.1) is 23.0 Å². The molecular weight excluding hydrogens is 224 g/mol. The third-order valence-corrected chi connectivity index (χ3v) is 2.68. The topological polar surface area (TPSA) is 27.1 Å². The molecule has 0 aliphatic heterocycles. The number of fused-ring (bicyclic) bond motifs is 1. The van der Waals surface area contributed by atoms with E-state index in [1.54, 1.807) is 0 Å². The van der Waals surface area contributed by atoms with E-state index in [-0.39, 0.29) is 6.10 Å². The number of hydrogen-bond donors (Lipinski definition) is 0. The molecule has 2 rings (SSSR count). The Balaban J connectivity index is 2.46. The van der Waals surface area contributed by atoms with Crippen LogP contribution in [0.5, 0.6) is 5.75 Å². The molecule has 0 aliphatic rings. The summed E-state index contributed by atoms with van der Waals surface area (Å²) in [5.74, 6) is 2.14. The second-order valence-corrected chi connectivity index (χ2v) is 4.31. The van der Waals surface area contributed by atoms with Crippen molar-refractivity contribution in [2.75, 3.05) is 0 Å². The van der Waals surface area contributed by atoms with Gasteiger partial charge in [0.25, 0.3) is 0 Å². The van der Waals surface area contributed by atoms with Gasteiger partial charge in [-0.1, -0.05) is 0 Å². The number of hydrogen-bond acceptors (Lipinski definition) is 2. The van der Waals surface area contributed by atoms with Gasteiger partial charge < -0.3 is 9.30 Å². The lowest BCUT2D eigenvalue weighted by Gasteiger charge is -2.09. The Bertz CT molecular complexity index is 505. The SMILES string of the molecule is CC(C)Oc1ccc2c(c1)nc(CCl)n2C. The number of imidazole rings is 1. The van der Waals surface area contributed by atoms with Gasteiger partial charge in [0, 0.05) is 13.1 Å². The standard InChI is InChI=1S/C12H15ClN2O/c1-8(2)16-9-4-5-11-10(6-9)14-12(7-13)15(11)3/h4-6,8H,7H2,1-3H3. The number of rotatable bonds is 3. The summed E-state index contributed by atoms with van der Waals surface area (Å²) in [7, 11) is 1.97. The molecule has 0 saturated carbocycles. The number of benzene rings is 1. The molecule has 0 saturated heterocycles. The highest BCUT2D eigenvalue weighted by atomic mass is 35.5. The molecule has 2 aromatic rings. The number of halogens is 1. The minimum Gasteiger partial charge on any atom is -0.491 e. The van der Waals surface area contributed by atoms with Gasteiger partial charge in [0.2, 0.25) is 0 Å². The summed E-state index contributed by atoms with van der Waals surface area (Å²) >= 11 is 5.81. The first-order chi connectivity index (χ1) is 7.61. The maximum absolute atomic E-state index is 5.81. The van der Waals surface area contributed by atoms with Crippen molar-refractivity contribution >= 4 is 22.6 Å². The van der Waals surface area contributed by atoms with Gasteiger partial charge in [0.1, 0.15) is 11.6 Å². The molecule has 0 N–H and O–H groups in total. The smallest absolute Gasteiger partial charge is 0.124 e. The van der Waals surface area contributed by atoms with Crippen LogP contribution < -0.4 is 4.74 Å². The first kappa shape index (κ1) is 11.3. The lowest BCUT2D eigenvalue weighted by molar-refractivity contribution is 0.242. The number of aryl methyl sites for hydroxylation is 1. The maximum atomic E-state index is 5.81. The molecule has 1 aromatic heterocycles. The van der Waals surface area contributed by atoms with Crippen molar-refractivity contribution in [3.8, 4) is 5.75 Å². The maximum Gasteiger partial charge on any atom is 0.124 e. The highest BCUT2D eigenvalue weighted by Gasteiger charge is 2.08. The molecule has 0 spiro atoms. The van der Waals surface area contributed by atoms with E-state index < -0.39 is 0 Å². The van der Waals surface area contributed by atoms with Crippen LogP contribution in [0.4, 0.5) is 0 Å². The summed E-state index contributed by atoms with van der Waals surface area (Å²) in [6.07, 6.45) is 0.175. The second-order valence-electron chi connectivity index (χ2n) is 4.04. The van der Waals surface area contributed by atoms with E-state index in [1.165, 1.54) is 0 Å². The molecule has 0 radical (unpaired) electrons. The van der Waals surface area contributed by atoms with E-state index in [9.17, 15) is 0 Å². The summed E-state index contributed by atoms with van der Waals surface area (Å²) in [6, 6.07) is 5.92. The van der Waals surface area contributed by atoms with Crippen molar-refractivity contribution in [2.24, 2.45) is 7.05 Å². The van der Waals surface area contributed by atoms with Crippen LogP contribution in [0.2, 0.25) is 0 Å². The van der Waals surface area contributed by atoms with Crippen LogP contribution in [0, 0.1) is 0 Å². The average Bonchev–Trinajstić information content (AvgIpc) is 2.54. The number of alkyl halides is 1. The van der Waals surface area contributed by atoms with E-state index in [0.29, 0.717) is 5.88 Å². The van der Waals surface area contributed by atoms with Crippen LogP contribution in [0.25, 0.3) is 11.0 Å². The Morgan fingerprint density at radius 1 is 1.44 bits per heavy atom. The van der Waals surface area contributed by atoms with E-state index in [0.717, 1.165) is 22.6 Å². The third-order valence-electron chi connectivity index (χ3n) is 2.44. The fourth-order valence-corrected chi connectivity index (χ4v) is 1.93. The summed E-state index contributed by atoms with van der Waals surface area (Å²) in [5, 5.41) is 0. The number of ether oxygens (including phenoxy) is 1. The van der Waals surface area contributed by atoms with Crippen LogP contribution in [-0.4, -0.2) is 15.7 Å². The molecule has 0 fully saturated rings. The molecule has 0 atom stereocenters. The van der Waals surface area contributed by atoms with Crippen molar-refractivity contribution in [1.82, 2.24) is 9.55 Å². The largest absolute Gasteiger partial charge is 0.491 e. The van der Waals surface area contributed by atoms with Crippen LogP contribution >= 0.6 is 11.6 Å². The van der Waals surface area contributed by atoms with Gasteiger partial charge in [-0.15, -0.1) is 11.6 Å². The Hall–Kier alpha value is -1.22. The minimum absolute atomic E-state index is 0.175. The van der Waals surface area contributed by atoms with E-state index in [2.05, 4.69) is 4.98 Å². The zero-order chi connectivity index (χ0) is 11.7. The zero-order valence-corrected chi connectivity index (χ0v) is 10.5. The quantitative estimate of drug-likeness (QED) is 0.769. The molecule has 1 aromatic carbocycles. The minimum atomic E-state index is 0.175. The van der Waals surface area contributed by atoms with Gasteiger partial charge in [-0.2, -0.15) is 0 Å². The van der Waals surface area contributed by atoms with Crippen LogP contribution in [0.1, 0.15) is 19.7 Å². The molecule has 0 amide bonds. The Morgan fingerprint density at radius 2 is 2.19 bits per heavy atom. The molecule has 3 nitrogen and oxygen atoms in total. The number of aromatic nitrogens is 2. The van der Waals surface area contributed by atoms with Crippen molar-refractivity contribution in [1.29, 1.82) is 0 Å². The average molecular weight is 239 g/mol. The van der Waals surface area contributed by atoms with Crippen LogP contribution in [0.3, 0.4) is 0 Å². The van der Waals surface area contributed by atoms with Crippen molar-refractivity contribution in [3.05, 3.63) is 24.0 Å². The highest BCUT2D eigenvalue weighted by Crippen LogP contribution is 2.22. The van der Waals surface area contributed by atoms with Gasteiger partial charge in [-0.3, -0.25) is 0 Å². The van der Waals surface area contributed by atoms with Crippen LogP contribution in [0.15, 0.2) is 18.2 Å². The Kier molecular flexibility index (Phi) is 3.06. The van der Waals surface area contributed by atoms with E-state index >= 15 is 0 Å². The van der Waals surface area contributed by atoms with Crippen LogP contribution in [-0.2, 0) is 12.9 Å². The summed E-state index contributed by atoms with van der Waals surface area (Å²) in [6.45, 7) is 4.01. The molecule has 16 heavy (non-hydrogen) atoms. The molecular formula is C12H15ClN2O. The molecule has 0 bridgehead atoms. The summed E-state index contributed by atoms with van der Waals surface area (Å²) in [5.41, 5.74) is 2.00. The summed E-state index contributed by atoms with van der Waals surface area (Å²) in [4.78, 5) is 4.45. The first-order valence-corrected chi connectivity index (χ1v) is 5.83. The number of nitrogens with zero attached hydrogens (tertiary/aromatic N) is 2. The predicted molar refractivity (Wildman–Crippen MR) is 66.0 cm³/mol. The van der Waals surface area contributed by atoms with E-state index in [4.69, 9.17) is 16.3 Å². The van der Waals surface area contributed by atoms with Crippen molar-refractivity contribution in [3.63, 3.8) is 0 Å². The highest BCUT2D eigenvalue weighted by molar-refractivity contribution is 6.16. The Labute approximate surface area is 100.0 Å². The summed E-state index contributed by atoms with van der Waals surface area (Å²) < 4.78 is 7.62. The van der Waals surface area contributed by atoms with E-state index in [1.807, 2.05) is 43.7 Å². The normalized spacial score (nSPS) is 11.3. The fraction of sp³-hybridized carbons (Fsp3) is 0.417. The van der Waals surface area contributed by atoms with Crippen molar-refractivity contribution in [2.45, 2.75) is 25.8 Å². The van der Waals surface area contributed by atoms with Crippen molar-refractivity contribution < 1.29 is 4.74 Å². The van der Waals surface area contributed by atoms with Gasteiger partial charge in [-0.25, -0.2) is 4.98 Å². The van der Waals surface area contributed by atoms with Gasteiger partial charge in [0.15, 0.2) is 0 Å². The molecule has 0 unspecified atom stereocenters. The predicted octanol–water partition coefficient (Wildman–Crippen LogP) is 3.10. The Morgan fingerprint density at radius 3 is 2.81 bits per heavy atom. The molecule has 86 valence electrons. The molecule has 0 aliphatic carbocycles.